The molecule has 108 valence electrons. The molecule has 1 aromatic heterocycles. The lowest BCUT2D eigenvalue weighted by atomic mass is 10.2. The Morgan fingerprint density at radius 1 is 1.52 bits per heavy atom. The molecule has 0 aliphatic carbocycles. The van der Waals surface area contributed by atoms with Crippen LogP contribution in [0.4, 0.5) is 0 Å². The Labute approximate surface area is 127 Å². The fourth-order valence-corrected chi connectivity index (χ4v) is 2.30. The third-order valence-corrected chi connectivity index (χ3v) is 3.53. The molecule has 0 spiro atoms. The molecular formula is C15H14ClN3O2. The quantitative estimate of drug-likeness (QED) is 0.797. The molecule has 0 atom stereocenters. The molecule has 0 bridgehead atoms. The Kier molecular flexibility index (Phi) is 4.61. The Hall–Kier alpha value is -2.32. The van der Waals surface area contributed by atoms with Gasteiger partial charge in [0.1, 0.15) is 6.54 Å². The second kappa shape index (κ2) is 6.42. The maximum atomic E-state index is 12.1. The number of likely N-dealkylation sites (N-methyl/N-ethyl adjacent to an activating group) is 1. The van der Waals surface area contributed by atoms with Gasteiger partial charge < -0.3 is 9.47 Å². The number of hydrogen-bond acceptors (Lipinski definition) is 3. The summed E-state index contributed by atoms with van der Waals surface area (Å²) in [5.41, 5.74) is 1.28. The van der Waals surface area contributed by atoms with Crippen molar-refractivity contribution in [1.29, 1.82) is 5.26 Å². The maximum absolute atomic E-state index is 12.1. The summed E-state index contributed by atoms with van der Waals surface area (Å²) in [6.45, 7) is 0.509. The number of carbonyl (C=O) groups excluding carboxylic acids is 2. The van der Waals surface area contributed by atoms with Crippen LogP contribution in [0.25, 0.3) is 10.9 Å². The van der Waals surface area contributed by atoms with E-state index in [-0.39, 0.29) is 12.5 Å². The molecule has 6 heteroatoms. The predicted octanol–water partition coefficient (Wildman–Crippen LogP) is 2.48. The normalized spacial score (nSPS) is 10.3. The number of amides is 1. The van der Waals surface area contributed by atoms with Gasteiger partial charge in [0, 0.05) is 41.3 Å². The van der Waals surface area contributed by atoms with Gasteiger partial charge in [-0.05, 0) is 18.2 Å². The number of nitriles is 1. The van der Waals surface area contributed by atoms with E-state index in [9.17, 15) is 9.59 Å². The third kappa shape index (κ3) is 3.23. The van der Waals surface area contributed by atoms with Crippen LogP contribution in [0.3, 0.4) is 0 Å². The van der Waals surface area contributed by atoms with Crippen LogP contribution < -0.4 is 0 Å². The van der Waals surface area contributed by atoms with Crippen LogP contribution in [-0.2, 0) is 11.3 Å². The number of halogens is 1. The van der Waals surface area contributed by atoms with E-state index in [1.807, 2.05) is 6.07 Å². The van der Waals surface area contributed by atoms with Gasteiger partial charge >= 0.3 is 0 Å². The molecule has 0 fully saturated rings. The van der Waals surface area contributed by atoms with Gasteiger partial charge in [0.2, 0.25) is 5.91 Å². The van der Waals surface area contributed by atoms with Crippen LogP contribution in [-0.4, -0.2) is 35.3 Å². The van der Waals surface area contributed by atoms with Gasteiger partial charge in [-0.3, -0.25) is 9.59 Å². The van der Waals surface area contributed by atoms with E-state index in [1.54, 1.807) is 36.0 Å². The van der Waals surface area contributed by atoms with Gasteiger partial charge in [0.25, 0.3) is 0 Å². The number of benzene rings is 1. The van der Waals surface area contributed by atoms with Crippen molar-refractivity contribution in [3.05, 3.63) is 35.0 Å². The van der Waals surface area contributed by atoms with Gasteiger partial charge in [0.05, 0.1) is 12.5 Å². The van der Waals surface area contributed by atoms with E-state index in [0.717, 1.165) is 17.2 Å². The molecule has 1 heterocycles. The molecule has 5 nitrogen and oxygen atoms in total. The lowest BCUT2D eigenvalue weighted by molar-refractivity contribution is -0.130. The molecule has 1 amide bonds. The lowest BCUT2D eigenvalue weighted by Crippen LogP contribution is -2.30. The fraction of sp³-hybridized carbons (Fsp3) is 0.267. The monoisotopic (exact) mass is 303 g/mol. The van der Waals surface area contributed by atoms with Gasteiger partial charge in [0.15, 0.2) is 6.29 Å². The predicted molar refractivity (Wildman–Crippen MR) is 80.2 cm³/mol. The summed E-state index contributed by atoms with van der Waals surface area (Å²) in [5.74, 6) is -0.116. The van der Waals surface area contributed by atoms with Crippen LogP contribution in [0, 0.1) is 11.3 Å². The van der Waals surface area contributed by atoms with Crippen molar-refractivity contribution in [1.82, 2.24) is 9.47 Å². The molecule has 0 aliphatic heterocycles. The summed E-state index contributed by atoms with van der Waals surface area (Å²) in [5, 5.41) is 9.81. The zero-order chi connectivity index (χ0) is 15.4. The number of aromatic nitrogens is 1. The SMILES string of the molecule is CN(CCC#N)C(=O)Cn1cc(C=O)c2cc(Cl)ccc21. The maximum Gasteiger partial charge on any atom is 0.242 e. The van der Waals surface area contributed by atoms with E-state index in [4.69, 9.17) is 16.9 Å². The highest BCUT2D eigenvalue weighted by atomic mass is 35.5. The molecule has 0 saturated heterocycles. The molecule has 0 aliphatic rings. The highest BCUT2D eigenvalue weighted by Gasteiger charge is 2.13. The van der Waals surface area contributed by atoms with Crippen LogP contribution in [0.5, 0.6) is 0 Å². The van der Waals surface area contributed by atoms with Gasteiger partial charge in [-0.1, -0.05) is 11.6 Å². The molecule has 21 heavy (non-hydrogen) atoms. The van der Waals surface area contributed by atoms with Crippen molar-refractivity contribution in [3.63, 3.8) is 0 Å². The van der Waals surface area contributed by atoms with Crippen molar-refractivity contribution >= 4 is 34.7 Å². The van der Waals surface area contributed by atoms with Crippen molar-refractivity contribution in [2.75, 3.05) is 13.6 Å². The zero-order valence-electron chi connectivity index (χ0n) is 11.5. The van der Waals surface area contributed by atoms with Gasteiger partial charge in [-0.25, -0.2) is 0 Å². The molecule has 2 aromatic rings. The molecule has 0 saturated carbocycles. The number of aldehydes is 1. The molecule has 0 unspecified atom stereocenters. The van der Waals surface area contributed by atoms with Gasteiger partial charge in [-0.15, -0.1) is 0 Å². The van der Waals surface area contributed by atoms with Crippen LogP contribution in [0.1, 0.15) is 16.8 Å². The van der Waals surface area contributed by atoms with Gasteiger partial charge in [-0.2, -0.15) is 5.26 Å². The second-order valence-electron chi connectivity index (χ2n) is 4.72. The Morgan fingerprint density at radius 3 is 2.95 bits per heavy atom. The standard InChI is InChI=1S/C15H14ClN3O2/c1-18(6-2-5-17)15(21)9-19-8-11(10-20)13-7-12(16)3-4-14(13)19/h3-4,7-8,10H,2,6,9H2,1H3. The first-order valence-corrected chi connectivity index (χ1v) is 6.79. The van der Waals surface area contributed by atoms with Crippen LogP contribution >= 0.6 is 11.6 Å². The van der Waals surface area contributed by atoms with E-state index in [0.29, 0.717) is 23.6 Å². The van der Waals surface area contributed by atoms with Crippen molar-refractivity contribution < 1.29 is 9.59 Å². The van der Waals surface area contributed by atoms with E-state index < -0.39 is 0 Å². The lowest BCUT2D eigenvalue weighted by Gasteiger charge is -2.16. The summed E-state index contributed by atoms with van der Waals surface area (Å²) < 4.78 is 1.72. The highest BCUT2D eigenvalue weighted by molar-refractivity contribution is 6.31. The fourth-order valence-electron chi connectivity index (χ4n) is 2.13. The Balaban J connectivity index is 2.29. The largest absolute Gasteiger partial charge is 0.343 e. The third-order valence-electron chi connectivity index (χ3n) is 3.29. The minimum absolute atomic E-state index is 0.116. The topological polar surface area (TPSA) is 66.1 Å². The van der Waals surface area contributed by atoms with Crippen LogP contribution in [0.15, 0.2) is 24.4 Å². The number of rotatable bonds is 5. The summed E-state index contributed by atoms with van der Waals surface area (Å²) in [4.78, 5) is 24.7. The molecular weight excluding hydrogens is 290 g/mol. The number of fused-ring (bicyclic) bond motifs is 1. The molecule has 2 rings (SSSR count). The van der Waals surface area contributed by atoms with Crippen molar-refractivity contribution in [3.8, 4) is 6.07 Å². The number of nitrogens with zero attached hydrogens (tertiary/aromatic N) is 3. The second-order valence-corrected chi connectivity index (χ2v) is 5.15. The first-order valence-electron chi connectivity index (χ1n) is 6.41. The molecule has 0 N–H and O–H groups in total. The molecule has 0 radical (unpaired) electrons. The summed E-state index contributed by atoms with van der Waals surface area (Å²) >= 11 is 5.94. The first-order chi connectivity index (χ1) is 10.1. The summed E-state index contributed by atoms with van der Waals surface area (Å²) in [6, 6.07) is 7.22. The van der Waals surface area contributed by atoms with Crippen molar-refractivity contribution in [2.45, 2.75) is 13.0 Å². The van der Waals surface area contributed by atoms with Crippen LogP contribution in [0.2, 0.25) is 5.02 Å². The average Bonchev–Trinajstić information content (AvgIpc) is 2.81. The minimum Gasteiger partial charge on any atom is -0.343 e. The first kappa shape index (κ1) is 15.1. The number of carbonyl (C=O) groups is 2. The van der Waals surface area contributed by atoms with Crippen molar-refractivity contribution in [2.24, 2.45) is 0 Å². The van der Waals surface area contributed by atoms with E-state index in [2.05, 4.69) is 0 Å². The minimum atomic E-state index is -0.116. The Morgan fingerprint density at radius 2 is 2.29 bits per heavy atom. The number of hydrogen-bond donors (Lipinski definition) is 0. The smallest absolute Gasteiger partial charge is 0.242 e. The average molecular weight is 304 g/mol. The van der Waals surface area contributed by atoms with E-state index >= 15 is 0 Å². The zero-order valence-corrected chi connectivity index (χ0v) is 12.3. The highest BCUT2D eigenvalue weighted by Crippen LogP contribution is 2.24. The van der Waals surface area contributed by atoms with E-state index in [1.165, 1.54) is 4.90 Å². The summed E-state index contributed by atoms with van der Waals surface area (Å²) in [7, 11) is 1.66. The Bertz CT molecular complexity index is 730. The summed E-state index contributed by atoms with van der Waals surface area (Å²) in [6.07, 6.45) is 2.69. The molecule has 1 aromatic carbocycles.